The van der Waals surface area contributed by atoms with Gasteiger partial charge in [0.25, 0.3) is 5.91 Å². The first-order chi connectivity index (χ1) is 12.5. The minimum atomic E-state index is -0.340. The Hall–Kier alpha value is -2.70. The summed E-state index contributed by atoms with van der Waals surface area (Å²) < 4.78 is 2.83. The smallest absolute Gasteiger partial charge is 0.279 e. The number of benzene rings is 2. The molecular formula is C19H16ClN3O2S. The van der Waals surface area contributed by atoms with Crippen molar-refractivity contribution in [2.24, 2.45) is 4.99 Å². The Morgan fingerprint density at radius 1 is 1.27 bits per heavy atom. The first-order valence-corrected chi connectivity index (χ1v) is 9.04. The van der Waals surface area contributed by atoms with Crippen molar-refractivity contribution in [2.45, 2.75) is 13.5 Å². The molecule has 1 N–H and O–H groups in total. The molecule has 26 heavy (non-hydrogen) atoms. The summed E-state index contributed by atoms with van der Waals surface area (Å²) in [6.45, 7) is 5.75. The second-order valence-electron chi connectivity index (χ2n) is 5.57. The summed E-state index contributed by atoms with van der Waals surface area (Å²) in [6, 6.07) is 12.2. The number of thiazole rings is 1. The summed E-state index contributed by atoms with van der Waals surface area (Å²) in [5.74, 6) is -0.476. The average Bonchev–Trinajstić information content (AvgIpc) is 2.92. The van der Waals surface area contributed by atoms with Gasteiger partial charge in [-0.05, 0) is 42.5 Å². The second kappa shape index (κ2) is 7.68. The minimum absolute atomic E-state index is 0.136. The van der Waals surface area contributed by atoms with E-state index in [1.54, 1.807) is 30.3 Å². The summed E-state index contributed by atoms with van der Waals surface area (Å²) in [4.78, 5) is 28.6. The number of fused-ring (bicyclic) bond motifs is 1. The van der Waals surface area contributed by atoms with E-state index in [0.717, 1.165) is 10.2 Å². The van der Waals surface area contributed by atoms with Crippen LogP contribution in [0.5, 0.6) is 0 Å². The maximum Gasteiger partial charge on any atom is 0.279 e. The summed E-state index contributed by atoms with van der Waals surface area (Å²) in [5.41, 5.74) is 2.09. The maximum atomic E-state index is 12.5. The highest BCUT2D eigenvalue weighted by Crippen LogP contribution is 2.22. The summed E-state index contributed by atoms with van der Waals surface area (Å²) in [7, 11) is 0. The number of rotatable bonds is 4. The fourth-order valence-electron chi connectivity index (χ4n) is 2.49. The van der Waals surface area contributed by atoms with Crippen LogP contribution in [0.25, 0.3) is 10.2 Å². The van der Waals surface area contributed by atoms with E-state index in [9.17, 15) is 9.59 Å². The largest absolute Gasteiger partial charge is 0.326 e. The van der Waals surface area contributed by atoms with Gasteiger partial charge < -0.3 is 9.88 Å². The van der Waals surface area contributed by atoms with E-state index in [1.807, 2.05) is 22.8 Å². The van der Waals surface area contributed by atoms with Crippen LogP contribution in [-0.4, -0.2) is 16.4 Å². The number of hydrogen-bond acceptors (Lipinski definition) is 3. The fourth-order valence-corrected chi connectivity index (χ4v) is 3.69. The molecule has 7 heteroatoms. The number of hydrogen-bond donors (Lipinski definition) is 1. The average molecular weight is 386 g/mol. The fraction of sp³-hybridized carbons (Fsp3) is 0.105. The van der Waals surface area contributed by atoms with Crippen LogP contribution in [0.1, 0.15) is 17.3 Å². The van der Waals surface area contributed by atoms with Crippen molar-refractivity contribution in [2.75, 3.05) is 5.32 Å². The van der Waals surface area contributed by atoms with Crippen molar-refractivity contribution in [3.8, 4) is 0 Å². The summed E-state index contributed by atoms with van der Waals surface area (Å²) >= 11 is 7.24. The summed E-state index contributed by atoms with van der Waals surface area (Å²) in [6.07, 6.45) is 1.75. The number of nitrogens with zero attached hydrogens (tertiary/aromatic N) is 2. The topological polar surface area (TPSA) is 63.5 Å². The Morgan fingerprint density at radius 3 is 2.65 bits per heavy atom. The lowest BCUT2D eigenvalue weighted by Gasteiger charge is -2.03. The molecule has 0 saturated carbocycles. The van der Waals surface area contributed by atoms with Gasteiger partial charge in [0.2, 0.25) is 5.91 Å². The highest BCUT2D eigenvalue weighted by Gasteiger charge is 2.10. The number of allylic oxidation sites excluding steroid dienone is 1. The molecule has 2 aromatic carbocycles. The number of carbonyl (C=O) groups is 2. The molecule has 0 atom stereocenters. The molecule has 132 valence electrons. The number of halogens is 1. The lowest BCUT2D eigenvalue weighted by Crippen LogP contribution is -2.16. The summed E-state index contributed by atoms with van der Waals surface area (Å²) in [5, 5.41) is 3.32. The zero-order chi connectivity index (χ0) is 18.7. The van der Waals surface area contributed by atoms with Gasteiger partial charge in [0.15, 0.2) is 4.80 Å². The maximum absolute atomic E-state index is 12.5. The predicted octanol–water partition coefficient (Wildman–Crippen LogP) is 4.24. The molecule has 3 aromatic rings. The number of nitrogens with one attached hydrogen (secondary N) is 1. The molecule has 0 radical (unpaired) electrons. The van der Waals surface area contributed by atoms with Gasteiger partial charge in [-0.1, -0.05) is 29.0 Å². The Balaban J connectivity index is 2.09. The van der Waals surface area contributed by atoms with Crippen LogP contribution in [0.15, 0.2) is 60.1 Å². The van der Waals surface area contributed by atoms with Crippen LogP contribution in [0.2, 0.25) is 5.02 Å². The molecule has 0 fully saturated rings. The SMILES string of the molecule is C=CCn1c(=NC(=O)c2ccc(Cl)cc2)sc2cc(NC(C)=O)ccc21. The van der Waals surface area contributed by atoms with Gasteiger partial charge in [-0.2, -0.15) is 4.99 Å². The van der Waals surface area contributed by atoms with E-state index in [2.05, 4.69) is 16.9 Å². The molecule has 0 saturated heterocycles. The van der Waals surface area contributed by atoms with Gasteiger partial charge in [-0.3, -0.25) is 9.59 Å². The molecule has 1 aromatic heterocycles. The van der Waals surface area contributed by atoms with E-state index >= 15 is 0 Å². The van der Waals surface area contributed by atoms with Crippen molar-refractivity contribution in [1.82, 2.24) is 4.57 Å². The van der Waals surface area contributed by atoms with E-state index in [1.165, 1.54) is 18.3 Å². The van der Waals surface area contributed by atoms with Gasteiger partial charge in [0.1, 0.15) is 0 Å². The predicted molar refractivity (Wildman–Crippen MR) is 106 cm³/mol. The normalized spacial score (nSPS) is 11.5. The number of anilines is 1. The molecule has 0 unspecified atom stereocenters. The van der Waals surface area contributed by atoms with Crippen LogP contribution < -0.4 is 10.1 Å². The van der Waals surface area contributed by atoms with Gasteiger partial charge in [0, 0.05) is 29.7 Å². The van der Waals surface area contributed by atoms with Gasteiger partial charge in [0.05, 0.1) is 10.2 Å². The van der Waals surface area contributed by atoms with Gasteiger partial charge in [-0.15, -0.1) is 6.58 Å². The van der Waals surface area contributed by atoms with Crippen LogP contribution in [-0.2, 0) is 11.3 Å². The zero-order valence-electron chi connectivity index (χ0n) is 14.0. The Morgan fingerprint density at radius 2 is 2.00 bits per heavy atom. The lowest BCUT2D eigenvalue weighted by molar-refractivity contribution is -0.114. The van der Waals surface area contributed by atoms with Crippen molar-refractivity contribution >= 4 is 50.7 Å². The van der Waals surface area contributed by atoms with Gasteiger partial charge in [-0.25, -0.2) is 0 Å². The Labute approximate surface area is 159 Å². The Bertz CT molecular complexity index is 1060. The van der Waals surface area contributed by atoms with Crippen molar-refractivity contribution in [3.05, 3.63) is 70.5 Å². The van der Waals surface area contributed by atoms with Crippen LogP contribution >= 0.6 is 22.9 Å². The number of amides is 2. The molecule has 0 aliphatic rings. The zero-order valence-corrected chi connectivity index (χ0v) is 15.6. The number of carbonyl (C=O) groups excluding carboxylic acids is 2. The second-order valence-corrected chi connectivity index (χ2v) is 7.02. The highest BCUT2D eigenvalue weighted by molar-refractivity contribution is 7.16. The molecular weight excluding hydrogens is 370 g/mol. The van der Waals surface area contributed by atoms with E-state index in [4.69, 9.17) is 11.6 Å². The molecule has 0 bridgehead atoms. The van der Waals surface area contributed by atoms with Crippen molar-refractivity contribution in [1.29, 1.82) is 0 Å². The third-order valence-corrected chi connectivity index (χ3v) is 4.90. The van der Waals surface area contributed by atoms with Gasteiger partial charge >= 0.3 is 0 Å². The number of aromatic nitrogens is 1. The highest BCUT2D eigenvalue weighted by atomic mass is 35.5. The van der Waals surface area contributed by atoms with E-state index < -0.39 is 0 Å². The minimum Gasteiger partial charge on any atom is -0.326 e. The van der Waals surface area contributed by atoms with Crippen LogP contribution in [0, 0.1) is 0 Å². The Kier molecular flexibility index (Phi) is 5.35. The first-order valence-electron chi connectivity index (χ1n) is 7.84. The molecule has 3 rings (SSSR count). The molecule has 2 amide bonds. The van der Waals surface area contributed by atoms with Crippen molar-refractivity contribution in [3.63, 3.8) is 0 Å². The first kappa shape index (κ1) is 18.1. The van der Waals surface area contributed by atoms with Crippen LogP contribution in [0.4, 0.5) is 5.69 Å². The monoisotopic (exact) mass is 385 g/mol. The van der Waals surface area contributed by atoms with Crippen molar-refractivity contribution < 1.29 is 9.59 Å². The molecule has 0 aliphatic carbocycles. The lowest BCUT2D eigenvalue weighted by atomic mass is 10.2. The van der Waals surface area contributed by atoms with E-state index in [0.29, 0.717) is 27.6 Å². The third-order valence-electron chi connectivity index (χ3n) is 3.60. The molecule has 0 spiro atoms. The molecule has 5 nitrogen and oxygen atoms in total. The molecule has 0 aliphatic heterocycles. The quantitative estimate of drug-likeness (QED) is 0.682. The third kappa shape index (κ3) is 3.92. The molecule has 1 heterocycles. The van der Waals surface area contributed by atoms with Crippen LogP contribution in [0.3, 0.4) is 0 Å². The van der Waals surface area contributed by atoms with E-state index in [-0.39, 0.29) is 11.8 Å². The standard InChI is InChI=1S/C19H16ClN3O2S/c1-3-10-23-16-9-8-15(21-12(2)24)11-17(16)26-19(23)22-18(25)13-4-6-14(20)7-5-13/h3-9,11H,1,10H2,2H3,(H,21,24).